The highest BCUT2D eigenvalue weighted by Gasteiger charge is 2.15. The largest absolute Gasteiger partial charge is 0.343 e. The Balaban J connectivity index is 2.37. The number of fused-ring (bicyclic) bond motifs is 1. The van der Waals surface area contributed by atoms with Gasteiger partial charge in [-0.1, -0.05) is 46.3 Å². The van der Waals surface area contributed by atoms with Crippen molar-refractivity contribution in [1.29, 1.82) is 0 Å². The fourth-order valence-corrected chi connectivity index (χ4v) is 2.76. The van der Waals surface area contributed by atoms with Gasteiger partial charge in [-0.05, 0) is 23.8 Å². The molecule has 2 nitrogen and oxygen atoms in total. The highest BCUT2D eigenvalue weighted by Crippen LogP contribution is 2.32. The first-order chi connectivity index (χ1) is 9.22. The Morgan fingerprint density at radius 3 is 2.42 bits per heavy atom. The predicted molar refractivity (Wildman–Crippen MR) is 81.4 cm³/mol. The van der Waals surface area contributed by atoms with Crippen molar-refractivity contribution in [3.8, 4) is 11.3 Å². The second kappa shape index (κ2) is 4.67. The van der Waals surface area contributed by atoms with Crippen LogP contribution in [0.1, 0.15) is 10.4 Å². The Labute approximate surface area is 119 Å². The lowest BCUT2D eigenvalue weighted by Gasteiger charge is -2.05. The summed E-state index contributed by atoms with van der Waals surface area (Å²) in [6.45, 7) is 0. The first-order valence-corrected chi connectivity index (χ1v) is 6.80. The van der Waals surface area contributed by atoms with Gasteiger partial charge in [0, 0.05) is 28.0 Å². The molecule has 1 heterocycles. The number of benzene rings is 2. The van der Waals surface area contributed by atoms with Crippen molar-refractivity contribution in [3.05, 3.63) is 58.6 Å². The normalized spacial score (nSPS) is 10.8. The molecule has 0 spiro atoms. The summed E-state index contributed by atoms with van der Waals surface area (Å²) >= 11 is 3.43. The van der Waals surface area contributed by atoms with Gasteiger partial charge in [-0.25, -0.2) is 0 Å². The standard InChI is InChI=1S/C16H12BrNO/c1-18-15-5-3-2-4-13(15)14(10-19)16(18)11-6-8-12(17)9-7-11/h2-10H,1H3. The highest BCUT2D eigenvalue weighted by molar-refractivity contribution is 9.10. The van der Waals surface area contributed by atoms with Crippen LogP contribution in [0.4, 0.5) is 0 Å². The number of aldehydes is 1. The molecule has 1 aromatic heterocycles. The highest BCUT2D eigenvalue weighted by atomic mass is 79.9. The Morgan fingerprint density at radius 2 is 1.74 bits per heavy atom. The molecule has 0 saturated carbocycles. The van der Waals surface area contributed by atoms with Crippen LogP contribution in [0.3, 0.4) is 0 Å². The molecule has 0 aliphatic heterocycles. The van der Waals surface area contributed by atoms with Crippen LogP contribution in [0.5, 0.6) is 0 Å². The van der Waals surface area contributed by atoms with Crippen molar-refractivity contribution < 1.29 is 4.79 Å². The van der Waals surface area contributed by atoms with Gasteiger partial charge in [0.05, 0.1) is 5.69 Å². The van der Waals surface area contributed by atoms with Crippen LogP contribution in [0.25, 0.3) is 22.2 Å². The number of carbonyl (C=O) groups is 1. The molecular weight excluding hydrogens is 302 g/mol. The molecule has 3 aromatic rings. The number of nitrogens with zero attached hydrogens (tertiary/aromatic N) is 1. The third-order valence-electron chi connectivity index (χ3n) is 3.38. The van der Waals surface area contributed by atoms with E-state index in [0.717, 1.165) is 38.5 Å². The summed E-state index contributed by atoms with van der Waals surface area (Å²) in [5, 5.41) is 0.998. The van der Waals surface area contributed by atoms with Gasteiger partial charge in [-0.3, -0.25) is 4.79 Å². The molecule has 0 aliphatic carbocycles. The summed E-state index contributed by atoms with van der Waals surface area (Å²) < 4.78 is 3.10. The van der Waals surface area contributed by atoms with E-state index in [1.165, 1.54) is 0 Å². The summed E-state index contributed by atoms with van der Waals surface area (Å²) in [5.41, 5.74) is 3.83. The van der Waals surface area contributed by atoms with Gasteiger partial charge in [0.25, 0.3) is 0 Å². The number of rotatable bonds is 2. The molecule has 0 bridgehead atoms. The third-order valence-corrected chi connectivity index (χ3v) is 3.91. The minimum absolute atomic E-state index is 0.750. The molecule has 0 saturated heterocycles. The summed E-state index contributed by atoms with van der Waals surface area (Å²) in [4.78, 5) is 11.5. The van der Waals surface area contributed by atoms with Crippen molar-refractivity contribution >= 4 is 33.1 Å². The molecule has 0 radical (unpaired) electrons. The fourth-order valence-electron chi connectivity index (χ4n) is 2.50. The maximum atomic E-state index is 11.5. The number of halogens is 1. The zero-order chi connectivity index (χ0) is 13.4. The number of aryl methyl sites for hydroxylation is 1. The van der Waals surface area contributed by atoms with E-state index in [2.05, 4.69) is 20.5 Å². The molecule has 94 valence electrons. The van der Waals surface area contributed by atoms with E-state index in [9.17, 15) is 4.79 Å². The molecule has 0 unspecified atom stereocenters. The van der Waals surface area contributed by atoms with Crippen LogP contribution >= 0.6 is 15.9 Å². The summed E-state index contributed by atoms with van der Waals surface area (Å²) in [6.07, 6.45) is 0.944. The minimum Gasteiger partial charge on any atom is -0.343 e. The van der Waals surface area contributed by atoms with E-state index in [1.807, 2.05) is 55.6 Å². The predicted octanol–water partition coefficient (Wildman–Crippen LogP) is 4.42. The third kappa shape index (κ3) is 1.90. The molecule has 2 aromatic carbocycles. The Morgan fingerprint density at radius 1 is 1.05 bits per heavy atom. The van der Waals surface area contributed by atoms with Gasteiger partial charge in [0.15, 0.2) is 6.29 Å². The monoisotopic (exact) mass is 313 g/mol. The molecular formula is C16H12BrNO. The Kier molecular flexibility index (Phi) is 2.99. The summed E-state index contributed by atoms with van der Waals surface area (Å²) in [5.74, 6) is 0. The maximum absolute atomic E-state index is 11.5. The first-order valence-electron chi connectivity index (χ1n) is 6.01. The number of hydrogen-bond acceptors (Lipinski definition) is 1. The Bertz CT molecular complexity index is 756. The van der Waals surface area contributed by atoms with Gasteiger partial charge < -0.3 is 4.57 Å². The fraction of sp³-hybridized carbons (Fsp3) is 0.0625. The van der Waals surface area contributed by atoms with Crippen LogP contribution in [-0.4, -0.2) is 10.9 Å². The molecule has 3 rings (SSSR count). The van der Waals surface area contributed by atoms with Crippen LogP contribution in [0.2, 0.25) is 0 Å². The zero-order valence-electron chi connectivity index (χ0n) is 10.4. The van der Waals surface area contributed by atoms with Gasteiger partial charge in [0.2, 0.25) is 0 Å². The van der Waals surface area contributed by atoms with Gasteiger partial charge in [-0.2, -0.15) is 0 Å². The average molecular weight is 314 g/mol. The minimum atomic E-state index is 0.750. The summed E-state index contributed by atoms with van der Waals surface area (Å²) in [6, 6.07) is 16.0. The van der Waals surface area contributed by atoms with Crippen molar-refractivity contribution in [2.45, 2.75) is 0 Å². The van der Waals surface area contributed by atoms with Gasteiger partial charge >= 0.3 is 0 Å². The lowest BCUT2D eigenvalue weighted by molar-refractivity contribution is 0.112. The molecule has 0 aliphatic rings. The molecule has 19 heavy (non-hydrogen) atoms. The molecule has 3 heteroatoms. The van der Waals surface area contributed by atoms with Crippen LogP contribution in [-0.2, 0) is 7.05 Å². The van der Waals surface area contributed by atoms with Crippen LogP contribution in [0, 0.1) is 0 Å². The van der Waals surface area contributed by atoms with Gasteiger partial charge in [0.1, 0.15) is 0 Å². The molecule has 0 atom stereocenters. The summed E-state index contributed by atoms with van der Waals surface area (Å²) in [7, 11) is 1.99. The second-order valence-corrected chi connectivity index (χ2v) is 5.38. The SMILES string of the molecule is Cn1c(-c2ccc(Br)cc2)c(C=O)c2ccccc21. The quantitative estimate of drug-likeness (QED) is 0.642. The van der Waals surface area contributed by atoms with Crippen molar-refractivity contribution in [2.75, 3.05) is 0 Å². The number of hydrogen-bond donors (Lipinski definition) is 0. The molecule has 0 N–H and O–H groups in total. The molecule has 0 fully saturated rings. The van der Waals surface area contributed by atoms with Crippen LogP contribution in [0.15, 0.2) is 53.0 Å². The van der Waals surface area contributed by atoms with E-state index in [-0.39, 0.29) is 0 Å². The van der Waals surface area contributed by atoms with Gasteiger partial charge in [-0.15, -0.1) is 0 Å². The van der Waals surface area contributed by atoms with E-state index < -0.39 is 0 Å². The van der Waals surface area contributed by atoms with Crippen molar-refractivity contribution in [3.63, 3.8) is 0 Å². The van der Waals surface area contributed by atoms with E-state index in [0.29, 0.717) is 0 Å². The van der Waals surface area contributed by atoms with Crippen molar-refractivity contribution in [2.24, 2.45) is 7.05 Å². The number of carbonyl (C=O) groups excluding carboxylic acids is 1. The van der Waals surface area contributed by atoms with E-state index in [4.69, 9.17) is 0 Å². The van der Waals surface area contributed by atoms with Crippen molar-refractivity contribution in [1.82, 2.24) is 4.57 Å². The lowest BCUT2D eigenvalue weighted by Crippen LogP contribution is -1.93. The zero-order valence-corrected chi connectivity index (χ0v) is 12.0. The number of aromatic nitrogens is 1. The Hall–Kier alpha value is -1.87. The van der Waals surface area contributed by atoms with Crippen LogP contribution < -0.4 is 0 Å². The topological polar surface area (TPSA) is 22.0 Å². The lowest BCUT2D eigenvalue weighted by atomic mass is 10.1. The number of para-hydroxylation sites is 1. The second-order valence-electron chi connectivity index (χ2n) is 4.46. The maximum Gasteiger partial charge on any atom is 0.152 e. The average Bonchev–Trinajstić information content (AvgIpc) is 2.73. The first kappa shape index (κ1) is 12.2. The van der Waals surface area contributed by atoms with E-state index in [1.54, 1.807) is 0 Å². The molecule has 0 amide bonds. The van der Waals surface area contributed by atoms with E-state index >= 15 is 0 Å². The smallest absolute Gasteiger partial charge is 0.152 e.